The van der Waals surface area contributed by atoms with E-state index in [9.17, 15) is 13.9 Å². The summed E-state index contributed by atoms with van der Waals surface area (Å²) in [6.45, 7) is 0. The van der Waals surface area contributed by atoms with E-state index < -0.39 is 11.6 Å². The second-order valence-electron chi connectivity index (χ2n) is 5.10. The first kappa shape index (κ1) is 18.5. The average Bonchev–Trinajstić information content (AvgIpc) is 2.72. The Hall–Kier alpha value is -1.56. The summed E-state index contributed by atoms with van der Waals surface area (Å²) in [4.78, 5) is 4.79. The first-order valence-corrected chi connectivity index (χ1v) is 7.42. The summed E-state index contributed by atoms with van der Waals surface area (Å²) < 4.78 is 23.9. The number of halogens is 2. The standard InChI is InChI=1S/C11H19NO2.C6H4F2/c1-14-12-8-4-6-10-5-2-3-7-11(13)9-10;7-5-3-1-2-4-6(5)8/h4,6,8,11-13H,2-3,5,7,9H2,1H3;1-4H/p+1/b8-4-,10-6-;. The van der Waals surface area contributed by atoms with Gasteiger partial charge in [-0.05, 0) is 43.9 Å². The van der Waals surface area contributed by atoms with Crippen molar-refractivity contribution in [3.8, 4) is 0 Å². The largest absolute Gasteiger partial charge is 0.393 e. The summed E-state index contributed by atoms with van der Waals surface area (Å²) in [5.74, 6) is -1.60. The fraction of sp³-hybridized carbons (Fsp3) is 0.412. The molecule has 5 heteroatoms. The summed E-state index contributed by atoms with van der Waals surface area (Å²) in [7, 11) is 1.63. The molecule has 0 amide bonds. The van der Waals surface area contributed by atoms with Gasteiger partial charge in [0.2, 0.25) is 0 Å². The molecule has 1 aromatic rings. The van der Waals surface area contributed by atoms with Crippen LogP contribution >= 0.6 is 0 Å². The lowest BCUT2D eigenvalue weighted by Gasteiger charge is -2.05. The van der Waals surface area contributed by atoms with Gasteiger partial charge in [-0.25, -0.2) is 13.6 Å². The van der Waals surface area contributed by atoms with Crippen LogP contribution < -0.4 is 5.48 Å². The van der Waals surface area contributed by atoms with Gasteiger partial charge in [-0.2, -0.15) is 5.48 Å². The minimum absolute atomic E-state index is 0.136. The van der Waals surface area contributed by atoms with Crippen LogP contribution in [0.4, 0.5) is 8.78 Å². The van der Waals surface area contributed by atoms with Crippen LogP contribution in [0.25, 0.3) is 0 Å². The minimum Gasteiger partial charge on any atom is -0.393 e. The number of hydrogen-bond acceptors (Lipinski definition) is 2. The summed E-state index contributed by atoms with van der Waals surface area (Å²) in [6.07, 6.45) is 11.0. The lowest BCUT2D eigenvalue weighted by atomic mass is 10.1. The van der Waals surface area contributed by atoms with Crippen molar-refractivity contribution in [2.75, 3.05) is 7.11 Å². The van der Waals surface area contributed by atoms with Crippen LogP contribution in [0.3, 0.4) is 0 Å². The number of quaternary nitrogens is 1. The van der Waals surface area contributed by atoms with E-state index in [2.05, 4.69) is 6.08 Å². The molecule has 0 spiro atoms. The zero-order valence-electron chi connectivity index (χ0n) is 12.8. The van der Waals surface area contributed by atoms with Gasteiger partial charge in [-0.3, -0.25) is 0 Å². The van der Waals surface area contributed by atoms with Crippen molar-refractivity contribution in [3.63, 3.8) is 0 Å². The predicted octanol–water partition coefficient (Wildman–Crippen LogP) is 2.84. The van der Waals surface area contributed by atoms with Crippen molar-refractivity contribution in [1.29, 1.82) is 0 Å². The highest BCUT2D eigenvalue weighted by Gasteiger charge is 2.11. The number of nitrogens with two attached hydrogens (primary N) is 1. The summed E-state index contributed by atoms with van der Waals surface area (Å²) in [6, 6.07) is 5.04. The Kier molecular flexibility index (Phi) is 9.30. The summed E-state index contributed by atoms with van der Waals surface area (Å²) in [5.41, 5.74) is 2.99. The Morgan fingerprint density at radius 3 is 2.50 bits per heavy atom. The molecular weight excluding hydrogens is 288 g/mol. The van der Waals surface area contributed by atoms with Crippen molar-refractivity contribution >= 4 is 0 Å². The van der Waals surface area contributed by atoms with E-state index >= 15 is 0 Å². The fourth-order valence-corrected chi connectivity index (χ4v) is 2.15. The van der Waals surface area contributed by atoms with Crippen molar-refractivity contribution in [2.45, 2.75) is 38.2 Å². The molecule has 0 aromatic heterocycles. The van der Waals surface area contributed by atoms with Gasteiger partial charge in [0.1, 0.15) is 6.20 Å². The molecule has 1 atom stereocenters. The molecule has 1 unspecified atom stereocenters. The van der Waals surface area contributed by atoms with E-state index in [1.807, 2.05) is 12.3 Å². The lowest BCUT2D eigenvalue weighted by molar-refractivity contribution is -0.842. The second kappa shape index (κ2) is 11.1. The zero-order chi connectivity index (χ0) is 16.2. The molecule has 122 valence electrons. The third-order valence-electron chi connectivity index (χ3n) is 3.27. The van der Waals surface area contributed by atoms with Gasteiger partial charge < -0.3 is 5.11 Å². The van der Waals surface area contributed by atoms with Crippen LogP contribution in [0.5, 0.6) is 0 Å². The van der Waals surface area contributed by atoms with Crippen LogP contribution in [0.1, 0.15) is 32.1 Å². The molecule has 0 bridgehead atoms. The smallest absolute Gasteiger partial charge is 0.158 e. The molecular formula is C17H24F2NO2+. The number of aliphatic hydroxyl groups excluding tert-OH is 1. The normalized spacial score (nSPS) is 20.5. The van der Waals surface area contributed by atoms with Crippen LogP contribution in [-0.2, 0) is 4.84 Å². The number of allylic oxidation sites excluding steroid dienone is 2. The van der Waals surface area contributed by atoms with Gasteiger partial charge in [0.15, 0.2) is 11.6 Å². The Morgan fingerprint density at radius 1 is 1.23 bits per heavy atom. The maximum Gasteiger partial charge on any atom is 0.158 e. The van der Waals surface area contributed by atoms with Gasteiger partial charge in [0, 0.05) is 0 Å². The van der Waals surface area contributed by atoms with E-state index in [-0.39, 0.29) is 6.10 Å². The highest BCUT2D eigenvalue weighted by Crippen LogP contribution is 2.22. The summed E-state index contributed by atoms with van der Waals surface area (Å²) >= 11 is 0. The Bertz CT molecular complexity index is 468. The molecule has 3 N–H and O–H groups in total. The number of hydroxylamine groups is 1. The fourth-order valence-electron chi connectivity index (χ4n) is 2.15. The molecule has 3 nitrogen and oxygen atoms in total. The molecule has 2 rings (SSSR count). The lowest BCUT2D eigenvalue weighted by Crippen LogP contribution is -2.75. The first-order valence-electron chi connectivity index (χ1n) is 7.42. The van der Waals surface area contributed by atoms with Crippen LogP contribution in [-0.4, -0.2) is 18.3 Å². The Labute approximate surface area is 130 Å². The zero-order valence-corrected chi connectivity index (χ0v) is 12.8. The molecule has 0 radical (unpaired) electrons. The highest BCUT2D eigenvalue weighted by molar-refractivity contribution is 5.12. The van der Waals surface area contributed by atoms with Gasteiger partial charge in [0.05, 0.1) is 13.2 Å². The minimum atomic E-state index is -0.799. The van der Waals surface area contributed by atoms with Crippen molar-refractivity contribution in [2.24, 2.45) is 0 Å². The first-order chi connectivity index (χ1) is 10.6. The highest BCUT2D eigenvalue weighted by atomic mass is 19.2. The van der Waals surface area contributed by atoms with E-state index in [1.165, 1.54) is 24.1 Å². The van der Waals surface area contributed by atoms with Gasteiger partial charge >= 0.3 is 0 Å². The second-order valence-corrected chi connectivity index (χ2v) is 5.10. The summed E-state index contributed by atoms with van der Waals surface area (Å²) in [5, 5.41) is 9.56. The van der Waals surface area contributed by atoms with E-state index in [1.54, 1.807) is 12.6 Å². The monoisotopic (exact) mass is 312 g/mol. The maximum absolute atomic E-state index is 11.9. The molecule has 1 aliphatic rings. The molecule has 1 fully saturated rings. The Balaban J connectivity index is 0.000000255. The van der Waals surface area contributed by atoms with Gasteiger partial charge in [0.25, 0.3) is 0 Å². The third kappa shape index (κ3) is 8.02. The molecule has 1 saturated carbocycles. The molecule has 0 heterocycles. The predicted molar refractivity (Wildman–Crippen MR) is 81.6 cm³/mol. The SMILES string of the molecule is CO[NH2+]/C=C\C=C1\CCCCC(O)C1.Fc1ccccc1F. The number of hydrogen-bond donors (Lipinski definition) is 2. The van der Waals surface area contributed by atoms with Crippen LogP contribution in [0.15, 0.2) is 48.2 Å². The van der Waals surface area contributed by atoms with Crippen molar-refractivity contribution < 1.29 is 24.2 Å². The van der Waals surface area contributed by atoms with E-state index in [4.69, 9.17) is 4.84 Å². The van der Waals surface area contributed by atoms with Gasteiger partial charge in [-0.1, -0.05) is 30.2 Å². The quantitative estimate of drug-likeness (QED) is 0.666. The van der Waals surface area contributed by atoms with E-state index in [0.717, 1.165) is 37.8 Å². The average molecular weight is 312 g/mol. The molecule has 0 saturated heterocycles. The number of rotatable bonds is 3. The molecule has 0 aliphatic heterocycles. The topological polar surface area (TPSA) is 46.1 Å². The molecule has 1 aromatic carbocycles. The number of aliphatic hydroxyl groups is 1. The maximum atomic E-state index is 11.9. The molecule has 1 aliphatic carbocycles. The Morgan fingerprint density at radius 2 is 1.91 bits per heavy atom. The van der Waals surface area contributed by atoms with Crippen molar-refractivity contribution in [3.05, 3.63) is 59.8 Å². The van der Waals surface area contributed by atoms with Crippen LogP contribution in [0, 0.1) is 11.6 Å². The van der Waals surface area contributed by atoms with E-state index in [0.29, 0.717) is 0 Å². The van der Waals surface area contributed by atoms with Crippen LogP contribution in [0.2, 0.25) is 0 Å². The van der Waals surface area contributed by atoms with Crippen molar-refractivity contribution in [1.82, 2.24) is 0 Å². The molecule has 22 heavy (non-hydrogen) atoms. The van der Waals surface area contributed by atoms with Gasteiger partial charge in [-0.15, -0.1) is 0 Å². The number of benzene rings is 1. The third-order valence-corrected chi connectivity index (χ3v) is 3.27.